The van der Waals surface area contributed by atoms with Gasteiger partial charge in [0, 0.05) is 13.1 Å². The van der Waals surface area contributed by atoms with Crippen LogP contribution in [-0.4, -0.2) is 60.7 Å². The molecule has 0 unspecified atom stereocenters. The fourth-order valence-corrected chi connectivity index (χ4v) is 4.45. The highest BCUT2D eigenvalue weighted by molar-refractivity contribution is 5.95. The van der Waals surface area contributed by atoms with Gasteiger partial charge in [-0.2, -0.15) is 5.26 Å². The third-order valence-corrected chi connectivity index (χ3v) is 6.22. The summed E-state index contributed by atoms with van der Waals surface area (Å²) in [5, 5.41) is 8.94. The van der Waals surface area contributed by atoms with Gasteiger partial charge < -0.3 is 14.5 Å². The molecule has 2 aromatic rings. The molecule has 0 aliphatic carbocycles. The van der Waals surface area contributed by atoms with Crippen LogP contribution in [0.2, 0.25) is 0 Å². The Kier molecular flexibility index (Phi) is 9.22. The topological polar surface area (TPSA) is 56.6 Å². The number of ether oxygens (including phenoxy) is 1. The second kappa shape index (κ2) is 12.1. The number of rotatable bonds is 10. The van der Waals surface area contributed by atoms with Crippen molar-refractivity contribution in [2.75, 3.05) is 39.3 Å². The number of amides is 1. The molecule has 35 heavy (non-hydrogen) atoms. The van der Waals surface area contributed by atoms with Gasteiger partial charge in [-0.1, -0.05) is 25.1 Å². The second-order valence-electron chi connectivity index (χ2n) is 9.85. The standard InChI is InChI=1S/C28H35F2N3O2/c1-4-14-33(17-13-31)27(34)25-10-7-23(18-26(25)29)22-5-8-24(9-6-22)35-19-21-11-15-32(16-12-21)20-28(2,3)30/h5-10,18,21H,4,11-12,14-17,19-20H2,1-3H3. The maximum Gasteiger partial charge on any atom is 0.257 e. The SMILES string of the molecule is CCCN(CC#N)C(=O)c1ccc(-c2ccc(OCC3CCN(CC(C)(C)F)CC3)cc2)cc1F. The Morgan fingerprint density at radius 2 is 1.83 bits per heavy atom. The lowest BCUT2D eigenvalue weighted by Crippen LogP contribution is -2.41. The van der Waals surface area contributed by atoms with E-state index < -0.39 is 17.4 Å². The van der Waals surface area contributed by atoms with Crippen LogP contribution in [0.3, 0.4) is 0 Å². The molecule has 0 atom stereocenters. The maximum absolute atomic E-state index is 14.8. The number of piperidine rings is 1. The Labute approximate surface area is 207 Å². The Morgan fingerprint density at radius 3 is 2.40 bits per heavy atom. The van der Waals surface area contributed by atoms with Gasteiger partial charge in [0.25, 0.3) is 5.91 Å². The van der Waals surface area contributed by atoms with Crippen LogP contribution >= 0.6 is 0 Å². The zero-order chi connectivity index (χ0) is 25.4. The zero-order valence-electron chi connectivity index (χ0n) is 20.9. The Bertz CT molecular complexity index is 1020. The lowest BCUT2D eigenvalue weighted by Gasteiger charge is -2.34. The number of hydrogen-bond donors (Lipinski definition) is 0. The first kappa shape index (κ1) is 26.6. The Morgan fingerprint density at radius 1 is 1.17 bits per heavy atom. The van der Waals surface area contributed by atoms with Crippen molar-refractivity contribution in [3.8, 4) is 22.9 Å². The van der Waals surface area contributed by atoms with E-state index in [4.69, 9.17) is 10.00 Å². The molecule has 1 fully saturated rings. The van der Waals surface area contributed by atoms with Crippen LogP contribution in [0.25, 0.3) is 11.1 Å². The van der Waals surface area contributed by atoms with Gasteiger partial charge in [0.05, 0.1) is 18.2 Å². The summed E-state index contributed by atoms with van der Waals surface area (Å²) in [7, 11) is 0. The first-order valence-electron chi connectivity index (χ1n) is 12.3. The average Bonchev–Trinajstić information content (AvgIpc) is 2.82. The predicted molar refractivity (Wildman–Crippen MR) is 133 cm³/mol. The molecule has 7 heteroatoms. The van der Waals surface area contributed by atoms with Gasteiger partial charge in [-0.15, -0.1) is 0 Å². The van der Waals surface area contributed by atoms with Crippen LogP contribution in [0, 0.1) is 23.1 Å². The van der Waals surface area contributed by atoms with Gasteiger partial charge in [0.1, 0.15) is 23.8 Å². The lowest BCUT2D eigenvalue weighted by molar-refractivity contribution is 0.0771. The number of carbonyl (C=O) groups is 1. The number of benzene rings is 2. The van der Waals surface area contributed by atoms with E-state index in [-0.39, 0.29) is 12.1 Å². The third kappa shape index (κ3) is 7.76. The molecular weight excluding hydrogens is 448 g/mol. The molecule has 188 valence electrons. The molecule has 3 rings (SSSR count). The summed E-state index contributed by atoms with van der Waals surface area (Å²) in [6, 6.07) is 14.0. The quantitative estimate of drug-likeness (QED) is 0.407. The molecule has 2 aromatic carbocycles. The Hall–Kier alpha value is -2.98. The summed E-state index contributed by atoms with van der Waals surface area (Å²) in [5.74, 6) is 0.121. The number of hydrogen-bond acceptors (Lipinski definition) is 4. The van der Waals surface area contributed by atoms with Crippen LogP contribution in [0.1, 0.15) is 50.4 Å². The summed E-state index contributed by atoms with van der Waals surface area (Å²) in [6.45, 7) is 8.34. The smallest absolute Gasteiger partial charge is 0.257 e. The van der Waals surface area contributed by atoms with E-state index in [2.05, 4.69) is 4.90 Å². The van der Waals surface area contributed by atoms with Crippen LogP contribution < -0.4 is 4.74 Å². The minimum atomic E-state index is -1.17. The first-order valence-corrected chi connectivity index (χ1v) is 12.3. The lowest BCUT2D eigenvalue weighted by atomic mass is 9.97. The molecule has 1 aliphatic rings. The molecule has 0 saturated carbocycles. The van der Waals surface area contributed by atoms with Crippen LogP contribution in [0.5, 0.6) is 5.75 Å². The number of likely N-dealkylation sites (tertiary alicyclic amines) is 1. The van der Waals surface area contributed by atoms with E-state index in [1.54, 1.807) is 19.9 Å². The van der Waals surface area contributed by atoms with E-state index in [0.29, 0.717) is 37.6 Å². The monoisotopic (exact) mass is 483 g/mol. The van der Waals surface area contributed by atoms with E-state index in [9.17, 15) is 13.6 Å². The van der Waals surface area contributed by atoms with E-state index in [1.165, 1.54) is 17.0 Å². The maximum atomic E-state index is 14.8. The van der Waals surface area contributed by atoms with Crippen molar-refractivity contribution in [2.45, 2.75) is 45.7 Å². The van der Waals surface area contributed by atoms with Crippen LogP contribution in [-0.2, 0) is 0 Å². The molecule has 0 aromatic heterocycles. The zero-order valence-corrected chi connectivity index (χ0v) is 20.9. The van der Waals surface area contributed by atoms with Crippen LogP contribution in [0.15, 0.2) is 42.5 Å². The number of carbonyl (C=O) groups excluding carboxylic acids is 1. The Balaban J connectivity index is 1.56. The fraction of sp³-hybridized carbons (Fsp3) is 0.500. The van der Waals surface area contributed by atoms with Crippen molar-refractivity contribution in [3.63, 3.8) is 0 Å². The first-order chi connectivity index (χ1) is 16.7. The number of nitrogens with zero attached hydrogens (tertiary/aromatic N) is 3. The number of halogens is 2. The van der Waals surface area contributed by atoms with Crippen molar-refractivity contribution in [3.05, 3.63) is 53.8 Å². The van der Waals surface area contributed by atoms with E-state index >= 15 is 0 Å². The molecule has 0 bridgehead atoms. The van der Waals surface area contributed by atoms with Crippen molar-refractivity contribution in [1.82, 2.24) is 9.80 Å². The van der Waals surface area contributed by atoms with Gasteiger partial charge in [0.15, 0.2) is 0 Å². The molecule has 1 amide bonds. The minimum absolute atomic E-state index is 0.0291. The molecule has 1 aliphatic heterocycles. The summed E-state index contributed by atoms with van der Waals surface area (Å²) >= 11 is 0. The normalized spacial score (nSPS) is 15.0. The molecule has 1 heterocycles. The fourth-order valence-electron chi connectivity index (χ4n) is 4.45. The van der Waals surface area contributed by atoms with Gasteiger partial charge in [-0.25, -0.2) is 8.78 Å². The van der Waals surface area contributed by atoms with Crippen molar-refractivity contribution in [1.29, 1.82) is 5.26 Å². The van der Waals surface area contributed by atoms with Crippen molar-refractivity contribution in [2.24, 2.45) is 5.92 Å². The highest BCUT2D eigenvalue weighted by atomic mass is 19.1. The third-order valence-electron chi connectivity index (χ3n) is 6.22. The average molecular weight is 484 g/mol. The van der Waals surface area contributed by atoms with E-state index in [0.717, 1.165) is 37.2 Å². The largest absolute Gasteiger partial charge is 0.493 e. The molecule has 0 spiro atoms. The molecule has 0 N–H and O–H groups in total. The number of alkyl halides is 1. The molecule has 0 radical (unpaired) electrons. The van der Waals surface area contributed by atoms with Gasteiger partial charge >= 0.3 is 0 Å². The summed E-state index contributed by atoms with van der Waals surface area (Å²) in [5.41, 5.74) is 0.283. The summed E-state index contributed by atoms with van der Waals surface area (Å²) < 4.78 is 34.6. The number of nitriles is 1. The molecular formula is C28H35F2N3O2. The van der Waals surface area contributed by atoms with Gasteiger partial charge in [0.2, 0.25) is 0 Å². The molecule has 1 saturated heterocycles. The van der Waals surface area contributed by atoms with Gasteiger partial charge in [-0.3, -0.25) is 4.79 Å². The highest BCUT2D eigenvalue weighted by Gasteiger charge is 2.25. The van der Waals surface area contributed by atoms with Gasteiger partial charge in [-0.05, 0) is 87.5 Å². The summed E-state index contributed by atoms with van der Waals surface area (Å²) in [6.07, 6.45) is 2.67. The summed E-state index contributed by atoms with van der Waals surface area (Å²) in [4.78, 5) is 16.2. The predicted octanol–water partition coefficient (Wildman–Crippen LogP) is 5.71. The van der Waals surface area contributed by atoms with Crippen molar-refractivity contribution >= 4 is 5.91 Å². The van der Waals surface area contributed by atoms with E-state index in [1.807, 2.05) is 37.3 Å². The minimum Gasteiger partial charge on any atom is -0.493 e. The second-order valence-corrected chi connectivity index (χ2v) is 9.85. The van der Waals surface area contributed by atoms with Crippen molar-refractivity contribution < 1.29 is 18.3 Å². The van der Waals surface area contributed by atoms with Crippen LogP contribution in [0.4, 0.5) is 8.78 Å². The highest BCUT2D eigenvalue weighted by Crippen LogP contribution is 2.26. The molecule has 5 nitrogen and oxygen atoms in total.